The quantitative estimate of drug-likeness (QED) is 0.736. The zero-order chi connectivity index (χ0) is 17.8. The van der Waals surface area contributed by atoms with Gasteiger partial charge < -0.3 is 0 Å². The van der Waals surface area contributed by atoms with E-state index in [0.29, 0.717) is 0 Å². The topological polar surface area (TPSA) is 69.7 Å². The van der Waals surface area contributed by atoms with Crippen LogP contribution in [0.2, 0.25) is 0 Å². The maximum absolute atomic E-state index is 11.4. The molecule has 1 amide bonds. The molecule has 1 rings (SSSR count). The Morgan fingerprint density at radius 3 is 1.86 bits per heavy atom. The van der Waals surface area contributed by atoms with Crippen LogP contribution in [0.25, 0.3) is 0 Å². The summed E-state index contributed by atoms with van der Waals surface area (Å²) in [5.41, 5.74) is -5.96. The molecule has 6 nitrogen and oxygen atoms in total. The maximum Gasteiger partial charge on any atom is 0.516 e. The molecule has 132 valence electrons. The van der Waals surface area contributed by atoms with Crippen molar-refractivity contribution in [3.63, 3.8) is 0 Å². The number of amides is 1. The van der Waals surface area contributed by atoms with Crippen LogP contribution in [0.5, 0.6) is 0 Å². The van der Waals surface area contributed by atoms with E-state index in [1.807, 2.05) is 0 Å². The Kier molecular flexibility index (Phi) is 7.09. The van der Waals surface area contributed by atoms with Crippen LogP contribution in [0.1, 0.15) is 6.92 Å². The molecule has 0 atom stereocenters. The zero-order valence-electron chi connectivity index (χ0n) is 11.6. The second kappa shape index (κ2) is 7.46. The fraction of sp³-hybridized carbons (Fsp3) is 0.889. The number of rotatable bonds is 2. The molecule has 0 bridgehead atoms. The molecule has 1 N–H and O–H groups in total. The first-order valence-electron chi connectivity index (χ1n) is 5.82. The lowest BCUT2D eigenvalue weighted by Gasteiger charge is -2.10. The van der Waals surface area contributed by atoms with E-state index in [0.717, 1.165) is 6.67 Å². The van der Waals surface area contributed by atoms with E-state index in [9.17, 15) is 39.6 Å². The van der Waals surface area contributed by atoms with Gasteiger partial charge in [0.05, 0.1) is 6.67 Å². The average molecular weight is 359 g/mol. The molecule has 0 aromatic carbocycles. The molecule has 0 saturated carbocycles. The summed E-state index contributed by atoms with van der Waals surface area (Å²) in [6.07, 6.45) is -5.70. The van der Waals surface area contributed by atoms with E-state index < -0.39 is 27.6 Å². The van der Waals surface area contributed by atoms with Crippen molar-refractivity contribution in [1.82, 2.24) is 14.5 Å². The molecule has 1 aliphatic heterocycles. The number of carbonyl (C=O) groups is 1. The molecule has 0 aliphatic carbocycles. The van der Waals surface area contributed by atoms with E-state index in [2.05, 4.69) is 23.8 Å². The van der Waals surface area contributed by atoms with Gasteiger partial charge in [-0.2, -0.15) is 34.8 Å². The molecule has 0 radical (unpaired) electrons. The van der Waals surface area contributed by atoms with Crippen LogP contribution in [-0.2, 0) is 14.8 Å². The molecule has 1 heterocycles. The van der Waals surface area contributed by atoms with Gasteiger partial charge in [-0.1, -0.05) is 6.92 Å². The Morgan fingerprint density at radius 2 is 1.64 bits per heavy atom. The summed E-state index contributed by atoms with van der Waals surface area (Å²) in [4.78, 5) is 14.6. The highest BCUT2D eigenvalue weighted by atomic mass is 32.2. The van der Waals surface area contributed by atoms with E-state index in [4.69, 9.17) is 0 Å². The van der Waals surface area contributed by atoms with Crippen LogP contribution in [-0.4, -0.2) is 69.2 Å². The van der Waals surface area contributed by atoms with Crippen molar-refractivity contribution in [3.8, 4) is 0 Å². The minimum Gasteiger partial charge on any atom is -0.292 e. The SMILES string of the molecule is CCN1CCN(C)C1.O=C(NS(=O)(=O)C(F)(F)F)C(F)(F)F. The minimum atomic E-state index is -6.30. The van der Waals surface area contributed by atoms with Crippen molar-refractivity contribution in [2.45, 2.75) is 18.6 Å². The van der Waals surface area contributed by atoms with Gasteiger partial charge >= 0.3 is 27.6 Å². The average Bonchev–Trinajstić information content (AvgIpc) is 2.72. The highest BCUT2D eigenvalue weighted by Gasteiger charge is 2.51. The summed E-state index contributed by atoms with van der Waals surface area (Å²) in [5.74, 6) is -3.20. The zero-order valence-corrected chi connectivity index (χ0v) is 12.4. The smallest absolute Gasteiger partial charge is 0.292 e. The number of nitrogens with one attached hydrogen (secondary N) is 1. The minimum absolute atomic E-state index is 0.181. The van der Waals surface area contributed by atoms with Gasteiger partial charge in [-0.15, -0.1) is 0 Å². The van der Waals surface area contributed by atoms with Crippen molar-refractivity contribution in [3.05, 3.63) is 0 Å². The highest BCUT2D eigenvalue weighted by molar-refractivity contribution is 7.90. The lowest BCUT2D eigenvalue weighted by Crippen LogP contribution is -2.46. The van der Waals surface area contributed by atoms with Crippen LogP contribution >= 0.6 is 0 Å². The van der Waals surface area contributed by atoms with Gasteiger partial charge in [0.25, 0.3) is 0 Å². The number of likely N-dealkylation sites (N-methyl/N-ethyl adjacent to an activating group) is 2. The van der Waals surface area contributed by atoms with Crippen molar-refractivity contribution < 1.29 is 39.6 Å². The molecule has 1 saturated heterocycles. The van der Waals surface area contributed by atoms with Gasteiger partial charge in [0.1, 0.15) is 0 Å². The molecule has 0 aromatic rings. The first kappa shape index (κ1) is 20.9. The fourth-order valence-corrected chi connectivity index (χ4v) is 1.77. The predicted octanol–water partition coefficient (Wildman–Crippen LogP) is 0.726. The van der Waals surface area contributed by atoms with Gasteiger partial charge in [-0.25, -0.2) is 4.72 Å². The molecule has 13 heteroatoms. The van der Waals surface area contributed by atoms with Crippen LogP contribution in [0.3, 0.4) is 0 Å². The standard InChI is InChI=1S/C6H14N2.C3HF6NO3S/c1-3-8-5-4-7(2)6-8;4-2(5,6)1(11)10-14(12,13)3(7,8)9/h3-6H2,1-2H3;(H,10,11). The maximum atomic E-state index is 11.4. The number of alkyl halides is 6. The van der Waals surface area contributed by atoms with E-state index in [-0.39, 0.29) is 4.72 Å². The van der Waals surface area contributed by atoms with Crippen LogP contribution < -0.4 is 4.72 Å². The molecular formula is C9H15F6N3O3S. The van der Waals surface area contributed by atoms with Crippen LogP contribution in [0.15, 0.2) is 0 Å². The third kappa shape index (κ3) is 6.79. The lowest BCUT2D eigenvalue weighted by molar-refractivity contribution is -0.171. The fourth-order valence-electron chi connectivity index (χ4n) is 1.29. The largest absolute Gasteiger partial charge is 0.516 e. The van der Waals surface area contributed by atoms with Crippen molar-refractivity contribution in [1.29, 1.82) is 0 Å². The molecule has 0 unspecified atom stereocenters. The number of halogens is 6. The monoisotopic (exact) mass is 359 g/mol. The third-order valence-electron chi connectivity index (χ3n) is 2.48. The number of nitrogens with zero attached hydrogens (tertiary/aromatic N) is 2. The summed E-state index contributed by atoms with van der Waals surface area (Å²) in [6.45, 7) is 7.07. The van der Waals surface area contributed by atoms with Crippen molar-refractivity contribution in [2.75, 3.05) is 33.4 Å². The number of sulfonamides is 1. The first-order valence-corrected chi connectivity index (χ1v) is 7.30. The molecule has 1 fully saturated rings. The summed E-state index contributed by atoms with van der Waals surface area (Å²) < 4.78 is 87.9. The summed E-state index contributed by atoms with van der Waals surface area (Å²) >= 11 is 0. The molecular weight excluding hydrogens is 344 g/mol. The molecule has 0 spiro atoms. The predicted molar refractivity (Wildman–Crippen MR) is 63.9 cm³/mol. The van der Waals surface area contributed by atoms with Gasteiger partial charge in [-0.3, -0.25) is 14.6 Å². The first-order chi connectivity index (χ1) is 9.70. The van der Waals surface area contributed by atoms with E-state index in [1.54, 1.807) is 0 Å². The van der Waals surface area contributed by atoms with Crippen molar-refractivity contribution in [2.24, 2.45) is 0 Å². The van der Waals surface area contributed by atoms with Gasteiger partial charge in [0, 0.05) is 13.1 Å². The molecule has 22 heavy (non-hydrogen) atoms. The third-order valence-corrected chi connectivity index (χ3v) is 3.54. The van der Waals surface area contributed by atoms with E-state index >= 15 is 0 Å². The van der Waals surface area contributed by atoms with Gasteiger partial charge in [-0.05, 0) is 13.6 Å². The molecule has 0 aromatic heterocycles. The van der Waals surface area contributed by atoms with Crippen LogP contribution in [0, 0.1) is 0 Å². The summed E-state index contributed by atoms with van der Waals surface area (Å²) in [5, 5.41) is 0. The Labute approximate surface area is 123 Å². The second-order valence-electron chi connectivity index (χ2n) is 4.31. The van der Waals surface area contributed by atoms with E-state index in [1.165, 1.54) is 19.6 Å². The summed E-state index contributed by atoms with van der Waals surface area (Å²) in [6, 6.07) is 0. The van der Waals surface area contributed by atoms with Gasteiger partial charge in [0.15, 0.2) is 0 Å². The number of hydrogen-bond donors (Lipinski definition) is 1. The van der Waals surface area contributed by atoms with Crippen molar-refractivity contribution >= 4 is 15.9 Å². The lowest BCUT2D eigenvalue weighted by atomic mass is 10.6. The Bertz CT molecular complexity index is 476. The van der Waals surface area contributed by atoms with Gasteiger partial charge in [0.2, 0.25) is 0 Å². The normalized spacial score (nSPS) is 17.8. The summed E-state index contributed by atoms with van der Waals surface area (Å²) in [7, 11) is -4.14. The van der Waals surface area contributed by atoms with Crippen LogP contribution in [0.4, 0.5) is 26.3 Å². The Hall–Kier alpha value is -1.08. The number of carbonyl (C=O) groups excluding carboxylic acids is 1. The number of hydrogen-bond acceptors (Lipinski definition) is 5. The molecule has 1 aliphatic rings. The Balaban J connectivity index is 0.000000461. The Morgan fingerprint density at radius 1 is 1.14 bits per heavy atom. The second-order valence-corrected chi connectivity index (χ2v) is 5.98. The highest BCUT2D eigenvalue weighted by Crippen LogP contribution is 2.23.